The SMILES string of the molecule is Nc1cc(S(=O)(=O)O)ccc1C(=O)O.Nc1cc(S(=O)(=O)O)ccc1C(=O)O. The average molecular weight is 434 g/mol. The highest BCUT2D eigenvalue weighted by Crippen LogP contribution is 2.18. The Hall–Kier alpha value is -3.20. The van der Waals surface area contributed by atoms with Crippen molar-refractivity contribution in [3.63, 3.8) is 0 Å². The summed E-state index contributed by atoms with van der Waals surface area (Å²) < 4.78 is 59.7. The fourth-order valence-electron chi connectivity index (χ4n) is 1.79. The lowest BCUT2D eigenvalue weighted by molar-refractivity contribution is 0.0687. The molecule has 0 aromatic heterocycles. The van der Waals surface area contributed by atoms with Crippen molar-refractivity contribution in [2.75, 3.05) is 11.5 Å². The van der Waals surface area contributed by atoms with Crippen LogP contribution < -0.4 is 11.5 Å². The Morgan fingerprint density at radius 1 is 0.679 bits per heavy atom. The van der Waals surface area contributed by atoms with Crippen LogP contribution in [0.25, 0.3) is 0 Å². The van der Waals surface area contributed by atoms with Gasteiger partial charge in [0.25, 0.3) is 20.2 Å². The van der Waals surface area contributed by atoms with E-state index in [1.165, 1.54) is 0 Å². The summed E-state index contributed by atoms with van der Waals surface area (Å²) in [4.78, 5) is 20.1. The fraction of sp³-hybridized carbons (Fsp3) is 0. The van der Waals surface area contributed by atoms with Gasteiger partial charge in [0.15, 0.2) is 0 Å². The summed E-state index contributed by atoms with van der Waals surface area (Å²) in [7, 11) is -8.68. The molecule has 14 heteroatoms. The zero-order valence-corrected chi connectivity index (χ0v) is 15.3. The number of nitrogens with two attached hydrogens (primary N) is 2. The predicted octanol–water partition coefficient (Wildman–Crippen LogP) is 0.427. The van der Waals surface area contributed by atoms with Gasteiger partial charge in [-0.15, -0.1) is 0 Å². The number of hydrogen-bond acceptors (Lipinski definition) is 8. The maximum absolute atomic E-state index is 10.6. The lowest BCUT2D eigenvalue weighted by Crippen LogP contribution is -2.05. The maximum atomic E-state index is 10.6. The molecule has 0 heterocycles. The molecule has 0 unspecified atom stereocenters. The summed E-state index contributed by atoms with van der Waals surface area (Å²) in [6.45, 7) is 0. The molecule has 0 amide bonds. The zero-order valence-electron chi connectivity index (χ0n) is 13.7. The summed E-state index contributed by atoms with van der Waals surface area (Å²) in [5.74, 6) is -2.52. The molecule has 0 spiro atoms. The van der Waals surface area contributed by atoms with Crippen LogP contribution in [0, 0.1) is 0 Å². The van der Waals surface area contributed by atoms with Crippen LogP contribution >= 0.6 is 0 Å². The second-order valence-corrected chi connectivity index (χ2v) is 7.90. The minimum absolute atomic E-state index is 0.211. The van der Waals surface area contributed by atoms with E-state index in [2.05, 4.69) is 0 Å². The molecule has 2 rings (SSSR count). The van der Waals surface area contributed by atoms with Crippen LogP contribution in [-0.4, -0.2) is 48.1 Å². The normalized spacial score (nSPS) is 11.2. The van der Waals surface area contributed by atoms with Crippen molar-refractivity contribution in [3.8, 4) is 0 Å². The second kappa shape index (κ2) is 8.22. The minimum atomic E-state index is -4.34. The van der Waals surface area contributed by atoms with E-state index in [0.717, 1.165) is 36.4 Å². The fourth-order valence-corrected chi connectivity index (χ4v) is 2.82. The van der Waals surface area contributed by atoms with Crippen LogP contribution in [0.15, 0.2) is 46.2 Å². The van der Waals surface area contributed by atoms with Gasteiger partial charge < -0.3 is 21.7 Å². The number of anilines is 2. The average Bonchev–Trinajstić information content (AvgIpc) is 2.52. The maximum Gasteiger partial charge on any atom is 0.337 e. The van der Waals surface area contributed by atoms with Crippen LogP contribution in [0.2, 0.25) is 0 Å². The Bertz CT molecular complexity index is 1050. The smallest absolute Gasteiger partial charge is 0.337 e. The first-order chi connectivity index (χ1) is 12.6. The molecule has 0 atom stereocenters. The van der Waals surface area contributed by atoms with Crippen molar-refractivity contribution in [3.05, 3.63) is 47.5 Å². The molecule has 0 fully saturated rings. The number of nitrogen functional groups attached to an aromatic ring is 2. The van der Waals surface area contributed by atoms with Gasteiger partial charge in [-0.05, 0) is 36.4 Å². The Morgan fingerprint density at radius 2 is 0.964 bits per heavy atom. The number of hydrogen-bond donors (Lipinski definition) is 6. The molecule has 8 N–H and O–H groups in total. The van der Waals surface area contributed by atoms with Gasteiger partial charge in [-0.1, -0.05) is 0 Å². The van der Waals surface area contributed by atoms with Crippen LogP contribution in [0.3, 0.4) is 0 Å². The van der Waals surface area contributed by atoms with Crippen molar-refractivity contribution in [2.45, 2.75) is 9.79 Å². The first kappa shape index (κ1) is 22.8. The third-order valence-corrected chi connectivity index (χ3v) is 4.80. The Kier molecular flexibility index (Phi) is 6.70. The third kappa shape index (κ3) is 5.92. The van der Waals surface area contributed by atoms with Gasteiger partial charge in [-0.2, -0.15) is 16.8 Å². The van der Waals surface area contributed by atoms with E-state index >= 15 is 0 Å². The van der Waals surface area contributed by atoms with E-state index in [9.17, 15) is 26.4 Å². The van der Waals surface area contributed by atoms with Gasteiger partial charge in [0.05, 0.1) is 20.9 Å². The lowest BCUT2D eigenvalue weighted by atomic mass is 10.2. The summed E-state index contributed by atoms with van der Waals surface area (Å²) in [6.07, 6.45) is 0. The molecule has 0 saturated heterocycles. The number of carboxylic acids is 2. The molecule has 12 nitrogen and oxygen atoms in total. The van der Waals surface area contributed by atoms with Crippen molar-refractivity contribution in [1.82, 2.24) is 0 Å². The topological polar surface area (TPSA) is 235 Å². The highest BCUT2D eigenvalue weighted by molar-refractivity contribution is 7.86. The third-order valence-electron chi connectivity index (χ3n) is 3.10. The van der Waals surface area contributed by atoms with Gasteiger partial charge in [0, 0.05) is 11.4 Å². The van der Waals surface area contributed by atoms with Crippen LogP contribution in [0.4, 0.5) is 11.4 Å². The van der Waals surface area contributed by atoms with Gasteiger partial charge in [0.2, 0.25) is 0 Å². The molecular weight excluding hydrogens is 420 g/mol. The van der Waals surface area contributed by atoms with Gasteiger partial charge in [-0.25, -0.2) is 9.59 Å². The molecule has 0 radical (unpaired) electrons. The molecule has 2 aromatic carbocycles. The molecular formula is C14H14N2O10S2. The Balaban J connectivity index is 0.000000280. The van der Waals surface area contributed by atoms with Crippen LogP contribution in [0.5, 0.6) is 0 Å². The van der Waals surface area contributed by atoms with Crippen molar-refractivity contribution >= 4 is 43.5 Å². The first-order valence-corrected chi connectivity index (χ1v) is 9.73. The quantitative estimate of drug-likeness (QED) is 0.284. The van der Waals surface area contributed by atoms with Gasteiger partial charge in [-0.3, -0.25) is 9.11 Å². The number of aromatic carboxylic acids is 2. The number of benzene rings is 2. The molecule has 0 bridgehead atoms. The Morgan fingerprint density at radius 3 is 1.14 bits per heavy atom. The minimum Gasteiger partial charge on any atom is -0.478 e. The molecule has 0 aliphatic carbocycles. The van der Waals surface area contributed by atoms with Crippen molar-refractivity contribution < 1.29 is 45.7 Å². The van der Waals surface area contributed by atoms with Crippen LogP contribution in [0.1, 0.15) is 20.7 Å². The molecule has 0 aliphatic heterocycles. The number of carbonyl (C=O) groups is 2. The van der Waals surface area contributed by atoms with Crippen molar-refractivity contribution in [2.24, 2.45) is 0 Å². The van der Waals surface area contributed by atoms with Crippen LogP contribution in [-0.2, 0) is 20.2 Å². The van der Waals surface area contributed by atoms with E-state index in [1.54, 1.807) is 0 Å². The highest BCUT2D eigenvalue weighted by Gasteiger charge is 2.15. The van der Waals surface area contributed by atoms with E-state index in [4.69, 9.17) is 30.8 Å². The summed E-state index contributed by atoms with van der Waals surface area (Å²) in [5.41, 5.74) is 9.67. The van der Waals surface area contributed by atoms with E-state index in [-0.39, 0.29) is 22.5 Å². The first-order valence-electron chi connectivity index (χ1n) is 6.85. The standard InChI is InChI=1S/2C7H7NO5S/c2*8-6-3-4(14(11,12)13)1-2-5(6)7(9)10/h2*1-3H,8H2,(H,9,10)(H,11,12,13). The summed E-state index contributed by atoms with van der Waals surface area (Å²) in [6, 6.07) is 5.74. The molecule has 152 valence electrons. The van der Waals surface area contributed by atoms with Crippen molar-refractivity contribution in [1.29, 1.82) is 0 Å². The second-order valence-electron chi connectivity index (χ2n) is 5.06. The zero-order chi connectivity index (χ0) is 21.9. The molecule has 28 heavy (non-hydrogen) atoms. The van der Waals surface area contributed by atoms with E-state index in [1.807, 2.05) is 0 Å². The molecule has 0 saturated carbocycles. The van der Waals surface area contributed by atoms with Gasteiger partial charge in [0.1, 0.15) is 0 Å². The van der Waals surface area contributed by atoms with E-state index in [0.29, 0.717) is 0 Å². The molecule has 0 aliphatic rings. The Labute approximate surface area is 158 Å². The highest BCUT2D eigenvalue weighted by atomic mass is 32.2. The number of carboxylic acid groups (broad SMARTS) is 2. The van der Waals surface area contributed by atoms with Gasteiger partial charge >= 0.3 is 11.9 Å². The van der Waals surface area contributed by atoms with E-state index < -0.39 is 42.0 Å². The monoisotopic (exact) mass is 434 g/mol. The number of rotatable bonds is 4. The summed E-state index contributed by atoms with van der Waals surface area (Å²) >= 11 is 0. The predicted molar refractivity (Wildman–Crippen MR) is 95.3 cm³/mol. The lowest BCUT2D eigenvalue weighted by Gasteiger charge is -2.02. The summed E-state index contributed by atoms with van der Waals surface area (Å²) in [5, 5.41) is 17.1. The molecule has 2 aromatic rings. The largest absolute Gasteiger partial charge is 0.478 e.